The first kappa shape index (κ1) is 11.7. The van der Waals surface area contributed by atoms with Crippen molar-refractivity contribution in [3.63, 3.8) is 0 Å². The minimum Gasteiger partial charge on any atom is -0.369 e. The molecule has 0 saturated carbocycles. The van der Waals surface area contributed by atoms with Crippen LogP contribution in [0.3, 0.4) is 0 Å². The lowest BCUT2D eigenvalue weighted by Crippen LogP contribution is -2.40. The second kappa shape index (κ2) is 3.79. The molecule has 0 radical (unpaired) electrons. The molecule has 1 unspecified atom stereocenters. The summed E-state index contributed by atoms with van der Waals surface area (Å²) in [7, 11) is 2.13. The molecule has 96 valence electrons. The SMILES string of the molecule is CCN=C1C=C2NC3N(C)CC[C@@]3(C)C2=CC1=O. The fourth-order valence-electron chi connectivity index (χ4n) is 3.31. The number of hydrogen-bond acceptors (Lipinski definition) is 4. The molecule has 1 N–H and O–H groups in total. The van der Waals surface area contributed by atoms with E-state index in [1.165, 1.54) is 0 Å². The number of hydrogen-bond donors (Lipinski definition) is 1. The molecule has 0 spiro atoms. The van der Waals surface area contributed by atoms with Crippen LogP contribution in [-0.2, 0) is 4.79 Å². The van der Waals surface area contributed by atoms with E-state index in [9.17, 15) is 4.79 Å². The predicted octanol–water partition coefficient (Wildman–Crippen LogP) is 1.11. The van der Waals surface area contributed by atoms with Gasteiger partial charge < -0.3 is 5.32 Å². The van der Waals surface area contributed by atoms with Crippen molar-refractivity contribution >= 4 is 11.5 Å². The van der Waals surface area contributed by atoms with E-state index in [2.05, 4.69) is 29.2 Å². The number of nitrogens with one attached hydrogen (secondary N) is 1. The molecule has 0 aromatic heterocycles. The third-order valence-corrected chi connectivity index (χ3v) is 4.36. The van der Waals surface area contributed by atoms with Crippen molar-refractivity contribution in [2.45, 2.75) is 26.4 Å². The zero-order chi connectivity index (χ0) is 12.9. The summed E-state index contributed by atoms with van der Waals surface area (Å²) in [6.45, 7) is 5.91. The van der Waals surface area contributed by atoms with Crippen LogP contribution in [0.25, 0.3) is 0 Å². The first-order chi connectivity index (χ1) is 8.56. The molecule has 18 heavy (non-hydrogen) atoms. The second-order valence-electron chi connectivity index (χ2n) is 5.53. The molecule has 2 fully saturated rings. The summed E-state index contributed by atoms with van der Waals surface area (Å²) >= 11 is 0. The maximum absolute atomic E-state index is 12.0. The molecular weight excluding hydrogens is 226 g/mol. The molecular formula is C14H19N3O. The largest absolute Gasteiger partial charge is 0.369 e. The minimum atomic E-state index is 0.0498. The fourth-order valence-corrected chi connectivity index (χ4v) is 3.31. The highest BCUT2D eigenvalue weighted by molar-refractivity contribution is 6.49. The van der Waals surface area contributed by atoms with Crippen LogP contribution in [0.2, 0.25) is 0 Å². The highest BCUT2D eigenvalue weighted by Crippen LogP contribution is 2.49. The van der Waals surface area contributed by atoms with Crippen molar-refractivity contribution in [2.75, 3.05) is 20.1 Å². The van der Waals surface area contributed by atoms with Crippen LogP contribution >= 0.6 is 0 Å². The molecule has 3 aliphatic rings. The van der Waals surface area contributed by atoms with E-state index in [1.807, 2.05) is 13.0 Å². The summed E-state index contributed by atoms with van der Waals surface area (Å²) in [5.41, 5.74) is 2.89. The van der Waals surface area contributed by atoms with E-state index < -0.39 is 0 Å². The Morgan fingerprint density at radius 3 is 3.06 bits per heavy atom. The van der Waals surface area contributed by atoms with Crippen molar-refractivity contribution in [3.8, 4) is 0 Å². The Balaban J connectivity index is 2.04. The van der Waals surface area contributed by atoms with E-state index >= 15 is 0 Å². The summed E-state index contributed by atoms with van der Waals surface area (Å²) in [5.74, 6) is 0.0498. The maximum atomic E-state index is 12.0. The number of allylic oxidation sites excluding steroid dienone is 3. The van der Waals surface area contributed by atoms with Gasteiger partial charge in [-0.05, 0) is 38.1 Å². The lowest BCUT2D eigenvalue weighted by molar-refractivity contribution is -0.108. The summed E-state index contributed by atoms with van der Waals surface area (Å²) in [5, 5.41) is 3.54. The van der Waals surface area contributed by atoms with Crippen LogP contribution < -0.4 is 5.32 Å². The van der Waals surface area contributed by atoms with Gasteiger partial charge in [0, 0.05) is 24.2 Å². The van der Waals surface area contributed by atoms with Gasteiger partial charge in [0.05, 0.1) is 6.17 Å². The lowest BCUT2D eigenvalue weighted by Gasteiger charge is -2.26. The highest BCUT2D eigenvalue weighted by Gasteiger charge is 2.52. The zero-order valence-corrected chi connectivity index (χ0v) is 11.2. The molecule has 2 atom stereocenters. The monoisotopic (exact) mass is 245 g/mol. The summed E-state index contributed by atoms with van der Waals surface area (Å²) in [6.07, 6.45) is 5.11. The van der Waals surface area contributed by atoms with Gasteiger partial charge in [0.15, 0.2) is 0 Å². The first-order valence-electron chi connectivity index (χ1n) is 6.56. The van der Waals surface area contributed by atoms with Crippen LogP contribution in [-0.4, -0.2) is 42.7 Å². The van der Waals surface area contributed by atoms with Crippen LogP contribution in [0, 0.1) is 5.41 Å². The number of carbonyl (C=O) groups is 1. The number of nitrogens with zero attached hydrogens (tertiary/aromatic N) is 2. The normalized spacial score (nSPS) is 37.2. The van der Waals surface area contributed by atoms with Crippen LogP contribution in [0.5, 0.6) is 0 Å². The third kappa shape index (κ3) is 1.42. The Kier molecular flexibility index (Phi) is 2.45. The molecule has 0 aromatic carbocycles. The van der Waals surface area contributed by atoms with Crippen LogP contribution in [0.1, 0.15) is 20.3 Å². The zero-order valence-electron chi connectivity index (χ0n) is 11.2. The standard InChI is InChI=1S/C14H19N3O/c1-4-15-11-8-10-9(7-12(11)18)14(2)5-6-17(3)13(14)16-10/h7-8,13,16H,4-6H2,1-3H3/t13?,14-/m0/s1. The van der Waals surface area contributed by atoms with E-state index in [1.54, 1.807) is 6.08 Å². The van der Waals surface area contributed by atoms with Crippen molar-refractivity contribution in [1.29, 1.82) is 0 Å². The van der Waals surface area contributed by atoms with E-state index in [0.29, 0.717) is 18.4 Å². The minimum absolute atomic E-state index is 0.0498. The predicted molar refractivity (Wildman–Crippen MR) is 71.4 cm³/mol. The molecule has 1 aliphatic carbocycles. The third-order valence-electron chi connectivity index (χ3n) is 4.36. The Morgan fingerprint density at radius 1 is 1.56 bits per heavy atom. The number of likely N-dealkylation sites (tertiary alicyclic amines) is 1. The smallest absolute Gasteiger partial charge is 0.204 e. The molecule has 0 bridgehead atoms. The molecule has 4 heteroatoms. The summed E-state index contributed by atoms with van der Waals surface area (Å²) in [4.78, 5) is 18.6. The van der Waals surface area contributed by atoms with Gasteiger partial charge >= 0.3 is 0 Å². The lowest BCUT2D eigenvalue weighted by atomic mass is 9.78. The Labute approximate surface area is 107 Å². The van der Waals surface area contributed by atoms with Gasteiger partial charge in [0.2, 0.25) is 5.78 Å². The van der Waals surface area contributed by atoms with E-state index in [4.69, 9.17) is 0 Å². The van der Waals surface area contributed by atoms with Crippen molar-refractivity contribution in [2.24, 2.45) is 10.4 Å². The molecule has 2 heterocycles. The first-order valence-corrected chi connectivity index (χ1v) is 6.56. The van der Waals surface area contributed by atoms with Gasteiger partial charge in [-0.3, -0.25) is 14.7 Å². The Morgan fingerprint density at radius 2 is 2.33 bits per heavy atom. The fraction of sp³-hybridized carbons (Fsp3) is 0.571. The highest BCUT2D eigenvalue weighted by atomic mass is 16.1. The number of aliphatic imine (C=N–C) groups is 1. The van der Waals surface area contributed by atoms with Gasteiger partial charge in [-0.15, -0.1) is 0 Å². The number of rotatable bonds is 1. The maximum Gasteiger partial charge on any atom is 0.204 e. The van der Waals surface area contributed by atoms with Crippen LogP contribution in [0.15, 0.2) is 28.4 Å². The Bertz CT molecular complexity index is 503. The summed E-state index contributed by atoms with van der Waals surface area (Å²) in [6, 6.07) is 0. The quantitative estimate of drug-likeness (QED) is 0.704. The second-order valence-corrected chi connectivity index (χ2v) is 5.53. The van der Waals surface area contributed by atoms with Crippen LogP contribution in [0.4, 0.5) is 0 Å². The van der Waals surface area contributed by atoms with Crippen molar-refractivity contribution < 1.29 is 4.79 Å². The molecule has 4 nitrogen and oxygen atoms in total. The molecule has 2 aliphatic heterocycles. The van der Waals surface area contributed by atoms with Crippen molar-refractivity contribution in [1.82, 2.24) is 10.2 Å². The van der Waals surface area contributed by atoms with Gasteiger partial charge in [-0.2, -0.15) is 0 Å². The number of carbonyl (C=O) groups excluding carboxylic acids is 1. The van der Waals surface area contributed by atoms with Gasteiger partial charge in [0.1, 0.15) is 5.71 Å². The van der Waals surface area contributed by atoms with Crippen molar-refractivity contribution in [3.05, 3.63) is 23.4 Å². The van der Waals surface area contributed by atoms with E-state index in [0.717, 1.165) is 24.2 Å². The average Bonchev–Trinajstić information content (AvgIpc) is 2.76. The molecule has 3 rings (SSSR count). The number of ketones is 1. The van der Waals surface area contributed by atoms with E-state index in [-0.39, 0.29) is 11.2 Å². The Hall–Kier alpha value is -1.42. The van der Waals surface area contributed by atoms with Gasteiger partial charge in [-0.1, -0.05) is 6.92 Å². The van der Waals surface area contributed by atoms with Gasteiger partial charge in [-0.25, -0.2) is 0 Å². The topological polar surface area (TPSA) is 44.7 Å². The number of fused-ring (bicyclic) bond motifs is 3. The molecule has 2 saturated heterocycles. The average molecular weight is 245 g/mol. The molecule has 0 amide bonds. The van der Waals surface area contributed by atoms with Gasteiger partial charge in [0.25, 0.3) is 0 Å². The summed E-state index contributed by atoms with van der Waals surface area (Å²) < 4.78 is 0. The molecule has 0 aromatic rings.